The Bertz CT molecular complexity index is 956. The highest BCUT2D eigenvalue weighted by Gasteiger charge is 2.21. The normalized spacial score (nSPS) is 15.2. The first-order valence-electron chi connectivity index (χ1n) is 10.5. The summed E-state index contributed by atoms with van der Waals surface area (Å²) in [6.07, 6.45) is 5.35. The number of non-ortho nitro benzene ring substituents is 1. The summed E-state index contributed by atoms with van der Waals surface area (Å²) in [6, 6.07) is 11.8. The molecule has 1 atom stereocenters. The van der Waals surface area contributed by atoms with Gasteiger partial charge in [0.15, 0.2) is 0 Å². The smallest absolute Gasteiger partial charge is 0.271 e. The van der Waals surface area contributed by atoms with Crippen LogP contribution in [0.4, 0.5) is 17.1 Å². The van der Waals surface area contributed by atoms with Crippen LogP contribution in [0.25, 0.3) is 0 Å². The second-order valence-corrected chi connectivity index (χ2v) is 9.27. The van der Waals surface area contributed by atoms with Crippen molar-refractivity contribution < 1.29 is 14.5 Å². The SMILES string of the molecule is Cc1ccc([N+](=O)[O-])cc1NC(=O)C(C)Sc1ccc(NC(=O)C2CCCCC2)cc1. The molecule has 1 aliphatic rings. The van der Waals surface area contributed by atoms with E-state index in [4.69, 9.17) is 0 Å². The van der Waals surface area contributed by atoms with Gasteiger partial charge in [-0.15, -0.1) is 11.8 Å². The molecular formula is C23H27N3O4S. The fourth-order valence-electron chi connectivity index (χ4n) is 3.58. The highest BCUT2D eigenvalue weighted by atomic mass is 32.2. The lowest BCUT2D eigenvalue weighted by molar-refractivity contribution is -0.384. The Hall–Kier alpha value is -2.87. The predicted octanol–water partition coefficient (Wildman–Crippen LogP) is 5.54. The number of thioether (sulfide) groups is 1. The molecular weight excluding hydrogens is 414 g/mol. The number of amides is 2. The van der Waals surface area contributed by atoms with Crippen molar-refractivity contribution in [2.24, 2.45) is 5.92 Å². The van der Waals surface area contributed by atoms with E-state index in [1.54, 1.807) is 19.9 Å². The van der Waals surface area contributed by atoms with E-state index in [9.17, 15) is 19.7 Å². The van der Waals surface area contributed by atoms with Crippen LogP contribution < -0.4 is 10.6 Å². The minimum absolute atomic E-state index is 0.0629. The molecule has 0 aliphatic heterocycles. The molecule has 1 saturated carbocycles. The number of hydrogen-bond donors (Lipinski definition) is 2. The van der Waals surface area contributed by atoms with Crippen molar-refractivity contribution in [1.29, 1.82) is 0 Å². The predicted molar refractivity (Wildman–Crippen MR) is 123 cm³/mol. The zero-order valence-electron chi connectivity index (χ0n) is 17.7. The van der Waals surface area contributed by atoms with Gasteiger partial charge in [-0.25, -0.2) is 0 Å². The van der Waals surface area contributed by atoms with Crippen LogP contribution >= 0.6 is 11.8 Å². The number of aryl methyl sites for hydroxylation is 1. The fraction of sp³-hybridized carbons (Fsp3) is 0.391. The Kier molecular flexibility index (Phi) is 7.68. The fourth-order valence-corrected chi connectivity index (χ4v) is 4.44. The van der Waals surface area contributed by atoms with Gasteiger partial charge in [-0.1, -0.05) is 25.3 Å². The number of nitrogens with zero attached hydrogens (tertiary/aromatic N) is 1. The number of nitro groups is 1. The lowest BCUT2D eigenvalue weighted by Gasteiger charge is -2.20. The second-order valence-electron chi connectivity index (χ2n) is 7.85. The second kappa shape index (κ2) is 10.4. The monoisotopic (exact) mass is 441 g/mol. The molecule has 0 saturated heterocycles. The van der Waals surface area contributed by atoms with Gasteiger partial charge in [-0.05, 0) is 56.5 Å². The van der Waals surface area contributed by atoms with Crippen LogP contribution in [0.1, 0.15) is 44.6 Å². The molecule has 0 spiro atoms. The quantitative estimate of drug-likeness (QED) is 0.334. The first-order chi connectivity index (χ1) is 14.8. The Morgan fingerprint density at radius 2 is 1.74 bits per heavy atom. The van der Waals surface area contributed by atoms with Gasteiger partial charge in [0.2, 0.25) is 11.8 Å². The molecule has 7 nitrogen and oxygen atoms in total. The summed E-state index contributed by atoms with van der Waals surface area (Å²) >= 11 is 1.38. The number of nitro benzene ring substituents is 1. The van der Waals surface area contributed by atoms with Crippen molar-refractivity contribution in [3.8, 4) is 0 Å². The van der Waals surface area contributed by atoms with E-state index < -0.39 is 10.2 Å². The summed E-state index contributed by atoms with van der Waals surface area (Å²) in [6.45, 7) is 3.57. The van der Waals surface area contributed by atoms with Crippen LogP contribution in [0, 0.1) is 23.0 Å². The molecule has 2 aromatic rings. The van der Waals surface area contributed by atoms with Crippen molar-refractivity contribution in [2.45, 2.75) is 56.1 Å². The molecule has 2 N–H and O–H groups in total. The molecule has 0 aromatic heterocycles. The van der Waals surface area contributed by atoms with Gasteiger partial charge < -0.3 is 10.6 Å². The molecule has 1 unspecified atom stereocenters. The molecule has 1 aliphatic carbocycles. The van der Waals surface area contributed by atoms with E-state index in [1.807, 2.05) is 24.3 Å². The molecule has 31 heavy (non-hydrogen) atoms. The van der Waals surface area contributed by atoms with Crippen LogP contribution in [-0.2, 0) is 9.59 Å². The number of hydrogen-bond acceptors (Lipinski definition) is 5. The summed E-state index contributed by atoms with van der Waals surface area (Å²) in [4.78, 5) is 36.3. The topological polar surface area (TPSA) is 101 Å². The standard InChI is InChI=1S/C23H27N3O4S/c1-15-8-11-19(26(29)30)14-21(15)25-22(27)16(2)31-20-12-9-18(10-13-20)24-23(28)17-6-4-3-5-7-17/h8-14,16-17H,3-7H2,1-2H3,(H,24,28)(H,25,27). The summed E-state index contributed by atoms with van der Waals surface area (Å²) in [5.41, 5.74) is 1.89. The van der Waals surface area contributed by atoms with Gasteiger partial charge in [-0.2, -0.15) is 0 Å². The average Bonchev–Trinajstić information content (AvgIpc) is 2.77. The lowest BCUT2D eigenvalue weighted by atomic mass is 9.88. The van der Waals surface area contributed by atoms with Crippen LogP contribution in [0.15, 0.2) is 47.4 Å². The number of anilines is 2. The van der Waals surface area contributed by atoms with Gasteiger partial charge >= 0.3 is 0 Å². The molecule has 0 radical (unpaired) electrons. The zero-order valence-corrected chi connectivity index (χ0v) is 18.5. The maximum atomic E-state index is 12.6. The Labute approximate surface area is 186 Å². The molecule has 0 bridgehead atoms. The minimum Gasteiger partial charge on any atom is -0.326 e. The van der Waals surface area contributed by atoms with Crippen molar-refractivity contribution >= 4 is 40.6 Å². The molecule has 2 aromatic carbocycles. The number of benzene rings is 2. The highest BCUT2D eigenvalue weighted by molar-refractivity contribution is 8.00. The van der Waals surface area contributed by atoms with E-state index >= 15 is 0 Å². The van der Waals surface area contributed by atoms with Gasteiger partial charge in [0.25, 0.3) is 5.69 Å². The maximum Gasteiger partial charge on any atom is 0.271 e. The average molecular weight is 442 g/mol. The molecule has 3 rings (SSSR count). The van der Waals surface area contributed by atoms with Crippen molar-refractivity contribution in [2.75, 3.05) is 10.6 Å². The largest absolute Gasteiger partial charge is 0.326 e. The summed E-state index contributed by atoms with van der Waals surface area (Å²) in [5, 5.41) is 16.3. The van der Waals surface area contributed by atoms with Crippen LogP contribution in [0.2, 0.25) is 0 Å². The number of rotatable bonds is 7. The van der Waals surface area contributed by atoms with Gasteiger partial charge in [-0.3, -0.25) is 19.7 Å². The molecule has 2 amide bonds. The third-order valence-corrected chi connectivity index (χ3v) is 6.58. The molecule has 8 heteroatoms. The third kappa shape index (κ3) is 6.30. The van der Waals surface area contributed by atoms with Crippen LogP contribution in [-0.4, -0.2) is 22.0 Å². The first kappa shape index (κ1) is 22.8. The van der Waals surface area contributed by atoms with E-state index in [0.29, 0.717) is 5.69 Å². The van der Waals surface area contributed by atoms with E-state index in [2.05, 4.69) is 10.6 Å². The first-order valence-corrected chi connectivity index (χ1v) is 11.3. The third-order valence-electron chi connectivity index (χ3n) is 5.47. The molecule has 164 valence electrons. The van der Waals surface area contributed by atoms with Crippen LogP contribution in [0.5, 0.6) is 0 Å². The van der Waals surface area contributed by atoms with E-state index in [0.717, 1.165) is 41.8 Å². The minimum atomic E-state index is -0.484. The Morgan fingerprint density at radius 3 is 2.39 bits per heavy atom. The van der Waals surface area contributed by atoms with Crippen molar-refractivity contribution in [3.63, 3.8) is 0 Å². The van der Waals surface area contributed by atoms with Gasteiger partial charge in [0.1, 0.15) is 0 Å². The summed E-state index contributed by atoms with van der Waals surface area (Å²) < 4.78 is 0. The Balaban J connectivity index is 1.56. The Morgan fingerprint density at radius 1 is 1.06 bits per heavy atom. The summed E-state index contributed by atoms with van der Waals surface area (Å²) in [7, 11) is 0. The highest BCUT2D eigenvalue weighted by Crippen LogP contribution is 2.28. The van der Waals surface area contributed by atoms with Crippen LogP contribution in [0.3, 0.4) is 0 Å². The van der Waals surface area contributed by atoms with E-state index in [1.165, 1.54) is 30.3 Å². The van der Waals surface area contributed by atoms with Gasteiger partial charge in [0, 0.05) is 28.6 Å². The number of carbonyl (C=O) groups excluding carboxylic acids is 2. The summed E-state index contributed by atoms with van der Waals surface area (Å²) in [5.74, 6) is -0.0489. The van der Waals surface area contributed by atoms with E-state index in [-0.39, 0.29) is 23.4 Å². The zero-order chi connectivity index (χ0) is 22.4. The molecule has 1 fully saturated rings. The molecule has 0 heterocycles. The van der Waals surface area contributed by atoms with Gasteiger partial charge in [0.05, 0.1) is 15.9 Å². The van der Waals surface area contributed by atoms with Crippen molar-refractivity contribution in [3.05, 3.63) is 58.1 Å². The maximum absolute atomic E-state index is 12.6. The number of nitrogens with one attached hydrogen (secondary N) is 2. The van der Waals surface area contributed by atoms with Crippen molar-refractivity contribution in [1.82, 2.24) is 0 Å². The number of carbonyl (C=O) groups is 2. The lowest BCUT2D eigenvalue weighted by Crippen LogP contribution is -2.24.